The van der Waals surface area contributed by atoms with Crippen molar-refractivity contribution in [1.82, 2.24) is 10.6 Å². The lowest BCUT2D eigenvalue weighted by Crippen LogP contribution is -2.46. The molecule has 2 aliphatic rings. The number of rotatable bonds is 0. The summed E-state index contributed by atoms with van der Waals surface area (Å²) in [4.78, 5) is 23.3. The van der Waals surface area contributed by atoms with Gasteiger partial charge in [0.05, 0.1) is 6.10 Å². The predicted octanol–water partition coefficient (Wildman–Crippen LogP) is 0.549. The van der Waals surface area contributed by atoms with E-state index in [4.69, 9.17) is 0 Å². The van der Waals surface area contributed by atoms with Gasteiger partial charge in [0.15, 0.2) is 0 Å². The lowest BCUT2D eigenvalue weighted by Gasteiger charge is -2.35. The van der Waals surface area contributed by atoms with Crippen LogP contribution in [-0.2, 0) is 10.3 Å². The number of benzene rings is 1. The van der Waals surface area contributed by atoms with Crippen LogP contribution in [-0.4, -0.2) is 17.0 Å². The van der Waals surface area contributed by atoms with Gasteiger partial charge in [-0.05, 0) is 24.0 Å². The van der Waals surface area contributed by atoms with Crippen LogP contribution in [0.2, 0.25) is 0 Å². The van der Waals surface area contributed by atoms with Crippen molar-refractivity contribution in [3.63, 3.8) is 0 Å². The van der Waals surface area contributed by atoms with Gasteiger partial charge in [0.1, 0.15) is 5.54 Å². The van der Waals surface area contributed by atoms with E-state index in [2.05, 4.69) is 10.6 Å². The van der Waals surface area contributed by atoms with E-state index in [-0.39, 0.29) is 5.91 Å². The quantitative estimate of drug-likeness (QED) is 0.571. The van der Waals surface area contributed by atoms with Gasteiger partial charge >= 0.3 is 6.03 Å². The second-order valence-corrected chi connectivity index (χ2v) is 4.46. The molecule has 0 aromatic heterocycles. The Bertz CT molecular complexity index is 514. The highest BCUT2D eigenvalue weighted by Crippen LogP contribution is 2.41. The molecule has 5 nitrogen and oxygen atoms in total. The SMILES string of the molecule is O=C1NC(=O)C2(CCC(O)c3ccccc32)N1. The van der Waals surface area contributed by atoms with E-state index in [1.807, 2.05) is 6.07 Å². The number of carbonyl (C=O) groups excluding carboxylic acids is 2. The molecule has 88 valence electrons. The zero-order valence-corrected chi connectivity index (χ0v) is 9.06. The van der Waals surface area contributed by atoms with Crippen molar-refractivity contribution in [2.24, 2.45) is 0 Å². The standard InChI is InChI=1S/C12H12N2O3/c15-9-5-6-12(10(16)13-11(17)14-12)8-4-2-1-3-7(8)9/h1-4,9,15H,5-6H2,(H2,13,14,16,17). The maximum absolute atomic E-state index is 12.0. The second-order valence-electron chi connectivity index (χ2n) is 4.46. The van der Waals surface area contributed by atoms with Crippen molar-refractivity contribution in [3.05, 3.63) is 35.4 Å². The van der Waals surface area contributed by atoms with Gasteiger partial charge in [-0.1, -0.05) is 24.3 Å². The normalized spacial score (nSPS) is 31.0. The van der Waals surface area contributed by atoms with E-state index in [0.717, 1.165) is 5.56 Å². The monoisotopic (exact) mass is 232 g/mol. The largest absolute Gasteiger partial charge is 0.388 e. The van der Waals surface area contributed by atoms with E-state index in [0.29, 0.717) is 18.4 Å². The van der Waals surface area contributed by atoms with Crippen LogP contribution in [0, 0.1) is 0 Å². The van der Waals surface area contributed by atoms with Gasteiger partial charge in [-0.15, -0.1) is 0 Å². The number of urea groups is 1. The third kappa shape index (κ3) is 1.29. The molecule has 1 saturated heterocycles. The van der Waals surface area contributed by atoms with Crippen LogP contribution in [0.5, 0.6) is 0 Å². The third-order valence-corrected chi connectivity index (χ3v) is 3.51. The Morgan fingerprint density at radius 3 is 2.76 bits per heavy atom. The fourth-order valence-corrected chi connectivity index (χ4v) is 2.68. The summed E-state index contributed by atoms with van der Waals surface area (Å²) in [5.41, 5.74) is 0.422. The zero-order chi connectivity index (χ0) is 12.0. The average molecular weight is 232 g/mol. The summed E-state index contributed by atoms with van der Waals surface area (Å²) in [6.07, 6.45) is 0.315. The molecule has 3 N–H and O–H groups in total. The molecule has 1 aromatic carbocycles. The van der Waals surface area contributed by atoms with Gasteiger partial charge in [-0.2, -0.15) is 0 Å². The minimum atomic E-state index is -0.993. The molecule has 3 amide bonds. The summed E-state index contributed by atoms with van der Waals surface area (Å²) in [5, 5.41) is 14.9. The topological polar surface area (TPSA) is 78.4 Å². The number of aliphatic hydroxyl groups excluding tert-OH is 1. The average Bonchev–Trinajstić information content (AvgIpc) is 2.61. The van der Waals surface area contributed by atoms with Crippen molar-refractivity contribution in [3.8, 4) is 0 Å². The smallest absolute Gasteiger partial charge is 0.322 e. The number of carbonyl (C=O) groups is 2. The number of fused-ring (bicyclic) bond motifs is 2. The van der Waals surface area contributed by atoms with E-state index in [1.54, 1.807) is 18.2 Å². The van der Waals surface area contributed by atoms with Crippen LogP contribution in [0.3, 0.4) is 0 Å². The molecule has 1 aromatic rings. The lowest BCUT2D eigenvalue weighted by atomic mass is 9.75. The fourth-order valence-electron chi connectivity index (χ4n) is 2.68. The van der Waals surface area contributed by atoms with Crippen LogP contribution >= 0.6 is 0 Å². The molecule has 2 unspecified atom stereocenters. The van der Waals surface area contributed by atoms with Crippen molar-refractivity contribution in [2.75, 3.05) is 0 Å². The fraction of sp³-hybridized carbons (Fsp3) is 0.333. The maximum atomic E-state index is 12.0. The van der Waals surface area contributed by atoms with Gasteiger partial charge in [-0.25, -0.2) is 4.79 Å². The summed E-state index contributed by atoms with van der Waals surface area (Å²) in [5.74, 6) is -0.332. The summed E-state index contributed by atoms with van der Waals surface area (Å²) in [6, 6.07) is 6.72. The first kappa shape index (κ1) is 10.3. The highest BCUT2D eigenvalue weighted by atomic mass is 16.3. The van der Waals surface area contributed by atoms with Gasteiger partial charge in [0.25, 0.3) is 5.91 Å². The van der Waals surface area contributed by atoms with Crippen LogP contribution in [0.1, 0.15) is 30.1 Å². The molecule has 3 rings (SSSR count). The highest BCUT2D eigenvalue weighted by molar-refractivity contribution is 6.07. The van der Waals surface area contributed by atoms with Gasteiger partial charge in [0.2, 0.25) is 0 Å². The Hall–Kier alpha value is -1.88. The van der Waals surface area contributed by atoms with Crippen LogP contribution < -0.4 is 10.6 Å². The molecule has 0 bridgehead atoms. The number of hydrogen-bond acceptors (Lipinski definition) is 3. The lowest BCUT2D eigenvalue weighted by molar-refractivity contribution is -0.125. The maximum Gasteiger partial charge on any atom is 0.322 e. The van der Waals surface area contributed by atoms with Crippen LogP contribution in [0.4, 0.5) is 4.79 Å². The van der Waals surface area contributed by atoms with Crippen molar-refractivity contribution >= 4 is 11.9 Å². The van der Waals surface area contributed by atoms with E-state index < -0.39 is 17.7 Å². The molecule has 1 fully saturated rings. The number of hydrogen-bond donors (Lipinski definition) is 3. The Kier molecular flexibility index (Phi) is 2.00. The molecule has 0 radical (unpaired) electrons. The molecular weight excluding hydrogens is 220 g/mol. The van der Waals surface area contributed by atoms with Crippen molar-refractivity contribution in [2.45, 2.75) is 24.5 Å². The van der Waals surface area contributed by atoms with E-state index in [1.165, 1.54) is 0 Å². The minimum Gasteiger partial charge on any atom is -0.388 e. The van der Waals surface area contributed by atoms with Gasteiger partial charge < -0.3 is 10.4 Å². The van der Waals surface area contributed by atoms with Crippen molar-refractivity contribution in [1.29, 1.82) is 0 Å². The molecule has 1 aliphatic heterocycles. The first-order chi connectivity index (χ1) is 8.13. The first-order valence-electron chi connectivity index (χ1n) is 5.54. The number of aliphatic hydroxyl groups is 1. The van der Waals surface area contributed by atoms with Crippen LogP contribution in [0.25, 0.3) is 0 Å². The summed E-state index contributed by atoms with van der Waals surface area (Å²) >= 11 is 0. The van der Waals surface area contributed by atoms with E-state index in [9.17, 15) is 14.7 Å². The third-order valence-electron chi connectivity index (χ3n) is 3.51. The number of nitrogens with one attached hydrogen (secondary N) is 2. The molecule has 1 heterocycles. The van der Waals surface area contributed by atoms with Gasteiger partial charge in [0, 0.05) is 0 Å². The molecule has 2 atom stereocenters. The van der Waals surface area contributed by atoms with Gasteiger partial charge in [-0.3, -0.25) is 10.1 Å². The molecular formula is C12H12N2O3. The Morgan fingerprint density at radius 2 is 2.06 bits per heavy atom. The molecule has 5 heteroatoms. The Balaban J connectivity index is 2.18. The molecule has 1 aliphatic carbocycles. The second kappa shape index (κ2) is 3.30. The zero-order valence-electron chi connectivity index (χ0n) is 9.06. The highest BCUT2D eigenvalue weighted by Gasteiger charge is 2.51. The van der Waals surface area contributed by atoms with E-state index >= 15 is 0 Å². The molecule has 17 heavy (non-hydrogen) atoms. The van der Waals surface area contributed by atoms with Crippen LogP contribution in [0.15, 0.2) is 24.3 Å². The van der Waals surface area contributed by atoms with Crippen molar-refractivity contribution < 1.29 is 14.7 Å². The first-order valence-corrected chi connectivity index (χ1v) is 5.54. The Labute approximate surface area is 97.8 Å². The summed E-state index contributed by atoms with van der Waals surface area (Å²) in [6.45, 7) is 0. The molecule has 1 spiro atoms. The summed E-state index contributed by atoms with van der Waals surface area (Å²) in [7, 11) is 0. The minimum absolute atomic E-state index is 0.332. The Morgan fingerprint density at radius 1 is 1.29 bits per heavy atom. The predicted molar refractivity (Wildman–Crippen MR) is 59.0 cm³/mol. The molecule has 0 saturated carbocycles. The summed E-state index contributed by atoms with van der Waals surface area (Å²) < 4.78 is 0. The number of imide groups is 1. The number of amides is 3.